The second-order valence-electron chi connectivity index (χ2n) is 10.4. The van der Waals surface area contributed by atoms with Crippen molar-refractivity contribution >= 4 is 26.8 Å². The Morgan fingerprint density at radius 3 is 2.51 bits per heavy atom. The van der Waals surface area contributed by atoms with E-state index in [1.807, 2.05) is 13.8 Å². The number of nitrogens with one attached hydrogen (secondary N) is 1. The Labute approximate surface area is 226 Å². The maximum absolute atomic E-state index is 13.8. The van der Waals surface area contributed by atoms with E-state index in [0.717, 1.165) is 42.6 Å². The number of hydrogen-bond acceptors (Lipinski definition) is 10. The fourth-order valence-corrected chi connectivity index (χ4v) is 5.70. The third-order valence-corrected chi connectivity index (χ3v) is 9.29. The van der Waals surface area contributed by atoms with Crippen LogP contribution in [0.15, 0.2) is 40.5 Å². The van der Waals surface area contributed by atoms with Crippen molar-refractivity contribution in [3.63, 3.8) is 0 Å². The van der Waals surface area contributed by atoms with Crippen LogP contribution in [-0.4, -0.2) is 48.6 Å². The van der Waals surface area contributed by atoms with Crippen LogP contribution >= 0.6 is 0 Å². The van der Waals surface area contributed by atoms with Gasteiger partial charge in [0.2, 0.25) is 0 Å². The topological polar surface area (TPSA) is 146 Å². The lowest BCUT2D eigenvalue weighted by atomic mass is 10.1. The monoisotopic (exact) mass is 546 g/mol. The summed E-state index contributed by atoms with van der Waals surface area (Å²) in [5.41, 5.74) is 3.93. The van der Waals surface area contributed by atoms with Gasteiger partial charge in [0.1, 0.15) is 11.8 Å². The second-order valence-corrected chi connectivity index (χ2v) is 12.6. The molecule has 0 aromatic carbocycles. The Morgan fingerprint density at radius 2 is 1.85 bits per heavy atom. The van der Waals surface area contributed by atoms with Crippen LogP contribution < -0.4 is 10.9 Å². The fraction of sp³-hybridized carbons (Fsp3) is 0.444. The Bertz CT molecular complexity index is 1730. The van der Waals surface area contributed by atoms with Crippen molar-refractivity contribution in [3.05, 3.63) is 58.3 Å². The molecule has 4 aromatic heterocycles. The van der Waals surface area contributed by atoms with Crippen LogP contribution in [0.25, 0.3) is 22.6 Å². The van der Waals surface area contributed by atoms with Crippen LogP contribution in [0.2, 0.25) is 0 Å². The van der Waals surface area contributed by atoms with Crippen molar-refractivity contribution in [1.82, 2.24) is 34.5 Å². The summed E-state index contributed by atoms with van der Waals surface area (Å²) in [6.07, 6.45) is 8.89. The highest BCUT2D eigenvalue weighted by Crippen LogP contribution is 2.43. The summed E-state index contributed by atoms with van der Waals surface area (Å²) in [7, 11) is -3.33. The lowest BCUT2D eigenvalue weighted by molar-refractivity contribution is 0.482. The van der Waals surface area contributed by atoms with Crippen LogP contribution in [0, 0.1) is 12.8 Å². The molecule has 1 N–H and O–H groups in total. The molecule has 0 radical (unpaired) electrons. The molecule has 11 nitrogen and oxygen atoms in total. The SMILES string of the molecule is CCS(=O)(=O)c1ccc(CNc2nc3cnc(-c4c(C)ncnc4C4CC4)nc3n(C(C)C3CC3)c2=O)nc1. The average molecular weight is 547 g/mol. The van der Waals surface area contributed by atoms with E-state index in [4.69, 9.17) is 4.98 Å². The van der Waals surface area contributed by atoms with E-state index in [-0.39, 0.29) is 34.6 Å². The fourth-order valence-electron chi connectivity index (χ4n) is 4.88. The van der Waals surface area contributed by atoms with E-state index in [2.05, 4.69) is 30.2 Å². The largest absolute Gasteiger partial charge is 0.360 e. The Hall–Kier alpha value is -3.80. The third kappa shape index (κ3) is 4.88. The third-order valence-electron chi connectivity index (χ3n) is 7.57. The first-order valence-corrected chi connectivity index (χ1v) is 14.9. The Morgan fingerprint density at radius 1 is 1.05 bits per heavy atom. The van der Waals surface area contributed by atoms with Gasteiger partial charge >= 0.3 is 0 Å². The van der Waals surface area contributed by atoms with Crippen molar-refractivity contribution in [2.24, 2.45) is 5.92 Å². The summed E-state index contributed by atoms with van der Waals surface area (Å²) in [5.74, 6) is 1.49. The first-order chi connectivity index (χ1) is 18.8. The van der Waals surface area contributed by atoms with Crippen molar-refractivity contribution in [2.75, 3.05) is 11.1 Å². The van der Waals surface area contributed by atoms with Crippen LogP contribution in [0.5, 0.6) is 0 Å². The summed E-state index contributed by atoms with van der Waals surface area (Å²) >= 11 is 0. The van der Waals surface area contributed by atoms with Crippen LogP contribution in [0.1, 0.15) is 68.6 Å². The number of nitrogens with zero attached hydrogens (tertiary/aromatic N) is 7. The van der Waals surface area contributed by atoms with Crippen molar-refractivity contribution in [3.8, 4) is 11.4 Å². The summed E-state index contributed by atoms with van der Waals surface area (Å²) < 4.78 is 25.9. The van der Waals surface area contributed by atoms with Gasteiger partial charge in [0, 0.05) is 18.2 Å². The van der Waals surface area contributed by atoms with Crippen LogP contribution in [0.4, 0.5) is 5.82 Å². The van der Waals surface area contributed by atoms with E-state index in [1.165, 1.54) is 12.3 Å². The van der Waals surface area contributed by atoms with Gasteiger partial charge in [0.25, 0.3) is 5.56 Å². The molecule has 0 amide bonds. The second kappa shape index (κ2) is 9.74. The predicted octanol–water partition coefficient (Wildman–Crippen LogP) is 3.60. The summed E-state index contributed by atoms with van der Waals surface area (Å²) in [5, 5.41) is 3.10. The molecule has 0 aliphatic heterocycles. The highest BCUT2D eigenvalue weighted by atomic mass is 32.2. The molecule has 1 unspecified atom stereocenters. The van der Waals surface area contributed by atoms with Gasteiger partial charge in [-0.25, -0.2) is 33.3 Å². The zero-order chi connectivity index (χ0) is 27.3. The van der Waals surface area contributed by atoms with Gasteiger partial charge in [-0.3, -0.25) is 14.3 Å². The van der Waals surface area contributed by atoms with E-state index < -0.39 is 9.84 Å². The van der Waals surface area contributed by atoms with Gasteiger partial charge in [-0.05, 0) is 57.6 Å². The number of sulfone groups is 1. The van der Waals surface area contributed by atoms with Gasteiger partial charge < -0.3 is 5.32 Å². The number of anilines is 1. The van der Waals surface area contributed by atoms with Gasteiger partial charge in [0.15, 0.2) is 27.1 Å². The molecular formula is C27H30N8O3S. The normalized spacial score (nSPS) is 16.4. The molecule has 2 aliphatic carbocycles. The lowest BCUT2D eigenvalue weighted by Gasteiger charge is -2.19. The highest BCUT2D eigenvalue weighted by molar-refractivity contribution is 7.91. The lowest BCUT2D eigenvalue weighted by Crippen LogP contribution is -2.29. The summed E-state index contributed by atoms with van der Waals surface area (Å²) in [6.45, 7) is 5.78. The van der Waals surface area contributed by atoms with Crippen LogP contribution in [0.3, 0.4) is 0 Å². The number of pyridine rings is 1. The van der Waals surface area contributed by atoms with Crippen molar-refractivity contribution in [2.45, 2.75) is 69.9 Å². The molecule has 4 heterocycles. The molecule has 1 atom stereocenters. The minimum absolute atomic E-state index is 0.00848. The van der Waals surface area contributed by atoms with E-state index in [0.29, 0.717) is 34.5 Å². The number of aromatic nitrogens is 7. The summed E-state index contributed by atoms with van der Waals surface area (Å²) in [6, 6.07) is 3.11. The Kier molecular flexibility index (Phi) is 6.37. The van der Waals surface area contributed by atoms with Gasteiger partial charge in [0.05, 0.1) is 46.0 Å². The van der Waals surface area contributed by atoms with Gasteiger partial charge in [-0.1, -0.05) is 6.92 Å². The minimum atomic E-state index is -3.33. The van der Waals surface area contributed by atoms with E-state index >= 15 is 0 Å². The van der Waals surface area contributed by atoms with Crippen LogP contribution in [-0.2, 0) is 16.4 Å². The molecule has 202 valence electrons. The zero-order valence-corrected chi connectivity index (χ0v) is 22.9. The number of hydrogen-bond donors (Lipinski definition) is 1. The first kappa shape index (κ1) is 25.5. The van der Waals surface area contributed by atoms with Crippen molar-refractivity contribution in [1.29, 1.82) is 0 Å². The molecule has 0 bridgehead atoms. The minimum Gasteiger partial charge on any atom is -0.360 e. The smallest absolute Gasteiger partial charge is 0.295 e. The molecule has 2 saturated carbocycles. The maximum atomic E-state index is 13.8. The molecule has 4 aromatic rings. The molecular weight excluding hydrogens is 516 g/mol. The predicted molar refractivity (Wildman–Crippen MR) is 146 cm³/mol. The highest BCUT2D eigenvalue weighted by Gasteiger charge is 2.33. The molecule has 12 heteroatoms. The van der Waals surface area contributed by atoms with Gasteiger partial charge in [-0.15, -0.1) is 0 Å². The molecule has 2 fully saturated rings. The molecule has 2 aliphatic rings. The Balaban J connectivity index is 1.38. The number of fused-ring (bicyclic) bond motifs is 1. The van der Waals surface area contributed by atoms with E-state index in [1.54, 1.807) is 30.1 Å². The quantitative estimate of drug-likeness (QED) is 0.330. The standard InChI is InChI=1S/C27H30N8O3S/c1-4-39(37,38)20-10-9-19(28-12-20)11-29-25-27(36)35(16(3)17-5-6-17)26-21(33-25)13-30-24(34-26)22-15(2)31-14-32-23(22)18-7-8-18/h9-10,12-14,16-18H,4-8,11H2,1-3H3,(H,29,33). The maximum Gasteiger partial charge on any atom is 0.295 e. The molecule has 6 rings (SSSR count). The molecule has 0 spiro atoms. The molecule has 39 heavy (non-hydrogen) atoms. The average Bonchev–Trinajstić information content (AvgIpc) is 3.85. The number of aryl methyl sites for hydroxylation is 1. The zero-order valence-electron chi connectivity index (χ0n) is 22.1. The van der Waals surface area contributed by atoms with E-state index in [9.17, 15) is 13.2 Å². The number of rotatable bonds is 9. The first-order valence-electron chi connectivity index (χ1n) is 13.3. The summed E-state index contributed by atoms with van der Waals surface area (Å²) in [4.78, 5) is 41.2. The van der Waals surface area contributed by atoms with Gasteiger partial charge in [-0.2, -0.15) is 0 Å². The molecule has 0 saturated heterocycles. The van der Waals surface area contributed by atoms with Crippen molar-refractivity contribution < 1.29 is 8.42 Å².